The molecule has 0 saturated carbocycles. The molecule has 0 bridgehead atoms. The Labute approximate surface area is 142 Å². The third-order valence-corrected chi connectivity index (χ3v) is 5.77. The maximum absolute atomic E-state index is 13.4. The van der Waals surface area contributed by atoms with Gasteiger partial charge in [-0.1, -0.05) is 6.92 Å². The molecule has 1 fully saturated rings. The molecule has 0 spiro atoms. The Morgan fingerprint density at radius 3 is 2.61 bits per heavy atom. The van der Waals surface area contributed by atoms with E-state index in [1.807, 2.05) is 6.92 Å². The zero-order chi connectivity index (χ0) is 16.2. The smallest absolute Gasteiger partial charge is 0.243 e. The van der Waals surface area contributed by atoms with E-state index in [4.69, 9.17) is 5.26 Å². The summed E-state index contributed by atoms with van der Waals surface area (Å²) in [6, 6.07) is 5.03. The van der Waals surface area contributed by atoms with Crippen molar-refractivity contribution in [3.05, 3.63) is 29.6 Å². The van der Waals surface area contributed by atoms with Gasteiger partial charge in [0, 0.05) is 12.6 Å². The highest BCUT2D eigenvalue weighted by Crippen LogP contribution is 2.24. The third-order valence-electron chi connectivity index (χ3n) is 3.82. The van der Waals surface area contributed by atoms with Crippen LogP contribution < -0.4 is 5.32 Å². The fourth-order valence-electron chi connectivity index (χ4n) is 2.70. The van der Waals surface area contributed by atoms with Crippen LogP contribution in [-0.2, 0) is 10.0 Å². The Hall–Kier alpha value is -1.20. The van der Waals surface area contributed by atoms with Gasteiger partial charge in [-0.2, -0.15) is 9.57 Å². The third kappa shape index (κ3) is 4.42. The van der Waals surface area contributed by atoms with Crippen molar-refractivity contribution in [2.45, 2.75) is 37.1 Å². The number of halogens is 2. The Bertz CT molecular complexity index is 670. The lowest BCUT2D eigenvalue weighted by molar-refractivity contribution is 0.262. The summed E-state index contributed by atoms with van der Waals surface area (Å²) in [6.07, 6.45) is 2.21. The zero-order valence-electron chi connectivity index (χ0n) is 13.0. The summed E-state index contributed by atoms with van der Waals surface area (Å²) in [4.78, 5) is -0.0163. The molecule has 2 rings (SSSR count). The summed E-state index contributed by atoms with van der Waals surface area (Å²) in [5, 5.41) is 12.1. The van der Waals surface area contributed by atoms with E-state index in [0.717, 1.165) is 38.1 Å². The van der Waals surface area contributed by atoms with Crippen LogP contribution in [0.25, 0.3) is 0 Å². The predicted octanol–water partition coefficient (Wildman–Crippen LogP) is 2.27. The number of sulfonamides is 1. The van der Waals surface area contributed by atoms with E-state index in [2.05, 4.69) is 5.32 Å². The molecule has 0 aromatic heterocycles. The second-order valence-corrected chi connectivity index (χ2v) is 7.24. The minimum Gasteiger partial charge on any atom is -0.317 e. The molecule has 0 amide bonds. The van der Waals surface area contributed by atoms with Gasteiger partial charge in [-0.05, 0) is 50.6 Å². The van der Waals surface area contributed by atoms with E-state index >= 15 is 0 Å². The normalized spacial score (nSPS) is 15.9. The number of nitrogens with one attached hydrogen (secondary N) is 1. The van der Waals surface area contributed by atoms with Crippen molar-refractivity contribution >= 4 is 22.4 Å². The molecular formula is C15H21ClFN3O2S. The number of hydrogen-bond donors (Lipinski definition) is 1. The monoisotopic (exact) mass is 361 g/mol. The Kier molecular flexibility index (Phi) is 7.42. The fourth-order valence-corrected chi connectivity index (χ4v) is 4.50. The summed E-state index contributed by atoms with van der Waals surface area (Å²) >= 11 is 0. The highest BCUT2D eigenvalue weighted by Gasteiger charge is 2.32. The molecule has 1 aromatic rings. The van der Waals surface area contributed by atoms with Crippen LogP contribution in [0.15, 0.2) is 23.1 Å². The van der Waals surface area contributed by atoms with E-state index in [0.29, 0.717) is 13.0 Å². The van der Waals surface area contributed by atoms with E-state index in [1.165, 1.54) is 10.4 Å². The highest BCUT2D eigenvalue weighted by atomic mass is 35.5. The van der Waals surface area contributed by atoms with Crippen molar-refractivity contribution in [1.29, 1.82) is 5.26 Å². The van der Waals surface area contributed by atoms with E-state index in [1.54, 1.807) is 6.07 Å². The highest BCUT2D eigenvalue weighted by molar-refractivity contribution is 7.89. The summed E-state index contributed by atoms with van der Waals surface area (Å²) in [5.41, 5.74) is -0.247. The van der Waals surface area contributed by atoms with Gasteiger partial charge < -0.3 is 5.32 Å². The van der Waals surface area contributed by atoms with Gasteiger partial charge in [-0.15, -0.1) is 12.4 Å². The average Bonchev–Trinajstić information content (AvgIpc) is 2.53. The van der Waals surface area contributed by atoms with Crippen molar-refractivity contribution in [3.63, 3.8) is 0 Å². The minimum absolute atomic E-state index is 0. The first kappa shape index (κ1) is 19.8. The van der Waals surface area contributed by atoms with Gasteiger partial charge in [0.25, 0.3) is 0 Å². The summed E-state index contributed by atoms with van der Waals surface area (Å²) in [6.45, 7) is 3.92. The predicted molar refractivity (Wildman–Crippen MR) is 88.4 cm³/mol. The number of rotatable bonds is 5. The molecule has 5 nitrogen and oxygen atoms in total. The average molecular weight is 362 g/mol. The van der Waals surface area contributed by atoms with Crippen molar-refractivity contribution in [2.75, 3.05) is 19.6 Å². The van der Waals surface area contributed by atoms with Crippen LogP contribution in [0.2, 0.25) is 0 Å². The Balaban J connectivity index is 0.00000264. The first-order valence-corrected chi connectivity index (χ1v) is 8.87. The molecular weight excluding hydrogens is 341 g/mol. The summed E-state index contributed by atoms with van der Waals surface area (Å²) < 4.78 is 40.7. The lowest BCUT2D eigenvalue weighted by atomic mass is 10.1. The molecule has 1 aliphatic heterocycles. The molecule has 23 heavy (non-hydrogen) atoms. The molecule has 8 heteroatoms. The Morgan fingerprint density at radius 2 is 2.04 bits per heavy atom. The van der Waals surface area contributed by atoms with Gasteiger partial charge in [0.1, 0.15) is 11.9 Å². The number of hydrogen-bond acceptors (Lipinski definition) is 4. The number of piperidine rings is 1. The molecule has 0 radical (unpaired) electrons. The van der Waals surface area contributed by atoms with Crippen LogP contribution in [-0.4, -0.2) is 38.4 Å². The van der Waals surface area contributed by atoms with Gasteiger partial charge in [-0.3, -0.25) is 0 Å². The van der Waals surface area contributed by atoms with Gasteiger partial charge in [-0.25, -0.2) is 12.8 Å². The van der Waals surface area contributed by atoms with Crippen molar-refractivity contribution in [3.8, 4) is 6.07 Å². The van der Waals surface area contributed by atoms with Crippen LogP contribution in [0.1, 0.15) is 31.7 Å². The lowest BCUT2D eigenvalue weighted by Crippen LogP contribution is -2.46. The molecule has 0 aliphatic carbocycles. The van der Waals surface area contributed by atoms with Crippen LogP contribution >= 0.6 is 12.4 Å². The van der Waals surface area contributed by atoms with Crippen LogP contribution in [0.5, 0.6) is 0 Å². The maximum Gasteiger partial charge on any atom is 0.243 e. The lowest BCUT2D eigenvalue weighted by Gasteiger charge is -2.33. The molecule has 1 saturated heterocycles. The zero-order valence-corrected chi connectivity index (χ0v) is 14.6. The molecule has 0 atom stereocenters. The molecule has 1 aromatic carbocycles. The topological polar surface area (TPSA) is 73.2 Å². The summed E-state index contributed by atoms with van der Waals surface area (Å²) in [5.74, 6) is -0.703. The molecule has 0 unspecified atom stereocenters. The summed E-state index contributed by atoms with van der Waals surface area (Å²) in [7, 11) is -3.72. The standard InChI is InChI=1S/C15H20FN3O2S.ClH/c1-2-9-19(13-5-7-18-8-6-13)22(20,21)14-3-4-15(16)12(10-14)11-17;/h3-4,10,13,18H,2,5-9H2,1H3;1H. The minimum atomic E-state index is -3.72. The SMILES string of the molecule is CCCN(C1CCNCC1)S(=O)(=O)c1ccc(F)c(C#N)c1.Cl. The van der Waals surface area contributed by atoms with E-state index in [9.17, 15) is 12.8 Å². The van der Waals surface area contributed by atoms with E-state index < -0.39 is 15.8 Å². The van der Waals surface area contributed by atoms with Gasteiger partial charge in [0.15, 0.2) is 0 Å². The number of nitrogens with zero attached hydrogens (tertiary/aromatic N) is 2. The van der Waals surface area contributed by atoms with Crippen molar-refractivity contribution < 1.29 is 12.8 Å². The van der Waals surface area contributed by atoms with Gasteiger partial charge >= 0.3 is 0 Å². The quantitative estimate of drug-likeness (QED) is 0.873. The van der Waals surface area contributed by atoms with E-state index in [-0.39, 0.29) is 28.9 Å². The number of nitriles is 1. The molecule has 1 heterocycles. The molecule has 1 aliphatic rings. The van der Waals surface area contributed by atoms with Gasteiger partial charge in [0.05, 0.1) is 10.5 Å². The first-order valence-electron chi connectivity index (χ1n) is 7.43. The van der Waals surface area contributed by atoms with Crippen molar-refractivity contribution in [1.82, 2.24) is 9.62 Å². The Morgan fingerprint density at radius 1 is 1.39 bits per heavy atom. The van der Waals surface area contributed by atoms with Crippen molar-refractivity contribution in [2.24, 2.45) is 0 Å². The number of benzene rings is 1. The molecule has 128 valence electrons. The molecule has 1 N–H and O–H groups in total. The largest absolute Gasteiger partial charge is 0.317 e. The maximum atomic E-state index is 13.4. The van der Waals surface area contributed by atoms with Crippen LogP contribution in [0, 0.1) is 17.1 Å². The second-order valence-electron chi connectivity index (χ2n) is 5.35. The fraction of sp³-hybridized carbons (Fsp3) is 0.533. The van der Waals surface area contributed by atoms with Crippen LogP contribution in [0.3, 0.4) is 0 Å². The second kappa shape index (κ2) is 8.60. The first-order chi connectivity index (χ1) is 10.5. The van der Waals surface area contributed by atoms with Crippen LogP contribution in [0.4, 0.5) is 4.39 Å². The van der Waals surface area contributed by atoms with Gasteiger partial charge in [0.2, 0.25) is 10.0 Å².